The smallest absolute Gasteiger partial charge is 0.0397 e. The fourth-order valence-corrected chi connectivity index (χ4v) is 2.27. The van der Waals surface area contributed by atoms with Gasteiger partial charge in [-0.25, -0.2) is 0 Å². The third-order valence-electron chi connectivity index (χ3n) is 3.22. The number of hydrogen-bond donors (Lipinski definition) is 1. The van der Waals surface area contributed by atoms with Crippen LogP contribution in [0.5, 0.6) is 0 Å². The predicted molar refractivity (Wildman–Crippen MR) is 62.8 cm³/mol. The van der Waals surface area contributed by atoms with Gasteiger partial charge >= 0.3 is 0 Å². The summed E-state index contributed by atoms with van der Waals surface area (Å²) in [5.41, 5.74) is 6.89. The van der Waals surface area contributed by atoms with Crippen LogP contribution < -0.4 is 10.6 Å². The molecule has 15 heavy (non-hydrogen) atoms. The molecule has 82 valence electrons. The molecule has 2 N–H and O–H groups in total. The highest BCUT2D eigenvalue weighted by molar-refractivity contribution is 5.44. The maximum atomic E-state index is 5.58. The number of hydrogen-bond acceptors (Lipinski definition) is 3. The summed E-state index contributed by atoms with van der Waals surface area (Å²) in [5.74, 6) is 0.841. The Labute approximate surface area is 91.3 Å². The minimum Gasteiger partial charge on any atom is -0.371 e. The standard InChI is InChI=1S/C12H19N3/c13-6-1-11-4-9-15(10-5-11)12-2-7-14-8-3-12/h2-3,7-8,11H,1,4-6,9-10,13H2. The van der Waals surface area contributed by atoms with Crippen LogP contribution in [0.2, 0.25) is 0 Å². The molecule has 3 nitrogen and oxygen atoms in total. The molecule has 1 aromatic rings. The van der Waals surface area contributed by atoms with E-state index in [1.807, 2.05) is 12.4 Å². The zero-order valence-electron chi connectivity index (χ0n) is 9.10. The molecule has 0 bridgehead atoms. The molecule has 1 aliphatic heterocycles. The van der Waals surface area contributed by atoms with Crippen molar-refractivity contribution in [1.82, 2.24) is 4.98 Å². The van der Waals surface area contributed by atoms with E-state index in [-0.39, 0.29) is 0 Å². The maximum absolute atomic E-state index is 5.58. The first-order valence-corrected chi connectivity index (χ1v) is 5.75. The summed E-state index contributed by atoms with van der Waals surface area (Å²) in [6, 6.07) is 4.17. The van der Waals surface area contributed by atoms with Crippen LogP contribution in [0.25, 0.3) is 0 Å². The minimum absolute atomic E-state index is 0.833. The molecule has 0 unspecified atom stereocenters. The molecule has 3 heteroatoms. The highest BCUT2D eigenvalue weighted by Crippen LogP contribution is 2.23. The van der Waals surface area contributed by atoms with Crippen molar-refractivity contribution in [2.24, 2.45) is 11.7 Å². The van der Waals surface area contributed by atoms with Crippen molar-refractivity contribution in [2.45, 2.75) is 19.3 Å². The van der Waals surface area contributed by atoms with E-state index in [0.29, 0.717) is 0 Å². The Hall–Kier alpha value is -1.09. The van der Waals surface area contributed by atoms with Crippen molar-refractivity contribution in [1.29, 1.82) is 0 Å². The van der Waals surface area contributed by atoms with Crippen molar-refractivity contribution < 1.29 is 0 Å². The van der Waals surface area contributed by atoms with Crippen LogP contribution in [0.1, 0.15) is 19.3 Å². The molecule has 2 heterocycles. The van der Waals surface area contributed by atoms with Crippen LogP contribution in [0.3, 0.4) is 0 Å². The molecule has 1 saturated heterocycles. The first-order chi connectivity index (χ1) is 7.40. The molecule has 0 amide bonds. The molecule has 0 aromatic carbocycles. The van der Waals surface area contributed by atoms with Gasteiger partial charge < -0.3 is 10.6 Å². The van der Waals surface area contributed by atoms with Crippen molar-refractivity contribution >= 4 is 5.69 Å². The van der Waals surface area contributed by atoms with Crippen LogP contribution in [-0.2, 0) is 0 Å². The number of nitrogens with two attached hydrogens (primary N) is 1. The first-order valence-electron chi connectivity index (χ1n) is 5.75. The van der Waals surface area contributed by atoms with E-state index < -0.39 is 0 Å². The van der Waals surface area contributed by atoms with E-state index in [4.69, 9.17) is 5.73 Å². The molecular formula is C12H19N3. The zero-order valence-corrected chi connectivity index (χ0v) is 9.10. The second-order valence-corrected chi connectivity index (χ2v) is 4.21. The molecule has 1 aromatic heterocycles. The highest BCUT2D eigenvalue weighted by atomic mass is 15.1. The first kappa shape index (κ1) is 10.4. The average Bonchev–Trinajstić information content (AvgIpc) is 2.32. The van der Waals surface area contributed by atoms with Gasteiger partial charge in [-0.3, -0.25) is 4.98 Å². The Kier molecular flexibility index (Phi) is 3.56. The Balaban J connectivity index is 1.88. The average molecular weight is 205 g/mol. The van der Waals surface area contributed by atoms with Gasteiger partial charge in [0.05, 0.1) is 0 Å². The fraction of sp³-hybridized carbons (Fsp3) is 0.583. The van der Waals surface area contributed by atoms with E-state index in [1.54, 1.807) is 0 Å². The topological polar surface area (TPSA) is 42.1 Å². The summed E-state index contributed by atoms with van der Waals surface area (Å²) in [7, 11) is 0. The summed E-state index contributed by atoms with van der Waals surface area (Å²) in [4.78, 5) is 6.48. The van der Waals surface area contributed by atoms with Gasteiger partial charge in [0, 0.05) is 31.2 Å². The van der Waals surface area contributed by atoms with Crippen molar-refractivity contribution in [2.75, 3.05) is 24.5 Å². The fourth-order valence-electron chi connectivity index (χ4n) is 2.27. The molecule has 0 radical (unpaired) electrons. The number of aromatic nitrogens is 1. The lowest BCUT2D eigenvalue weighted by Crippen LogP contribution is -2.34. The van der Waals surface area contributed by atoms with Crippen LogP contribution in [-0.4, -0.2) is 24.6 Å². The number of anilines is 1. The zero-order chi connectivity index (χ0) is 10.5. The van der Waals surface area contributed by atoms with E-state index in [9.17, 15) is 0 Å². The van der Waals surface area contributed by atoms with Crippen LogP contribution in [0.15, 0.2) is 24.5 Å². The van der Waals surface area contributed by atoms with Gasteiger partial charge in [0.15, 0.2) is 0 Å². The largest absolute Gasteiger partial charge is 0.371 e. The Morgan fingerprint density at radius 3 is 2.53 bits per heavy atom. The number of pyridine rings is 1. The molecule has 0 atom stereocenters. The number of piperidine rings is 1. The van der Waals surface area contributed by atoms with Crippen molar-refractivity contribution in [3.05, 3.63) is 24.5 Å². The van der Waals surface area contributed by atoms with Gasteiger partial charge in [-0.1, -0.05) is 0 Å². The SMILES string of the molecule is NCCC1CCN(c2ccncc2)CC1. The van der Waals surface area contributed by atoms with E-state index >= 15 is 0 Å². The minimum atomic E-state index is 0.833. The third kappa shape index (κ3) is 2.69. The van der Waals surface area contributed by atoms with Gasteiger partial charge in [-0.05, 0) is 43.9 Å². The van der Waals surface area contributed by atoms with Gasteiger partial charge in [-0.2, -0.15) is 0 Å². The number of rotatable bonds is 3. The van der Waals surface area contributed by atoms with E-state index in [0.717, 1.165) is 25.6 Å². The Morgan fingerprint density at radius 1 is 1.27 bits per heavy atom. The third-order valence-corrected chi connectivity index (χ3v) is 3.22. The summed E-state index contributed by atoms with van der Waals surface area (Å²) >= 11 is 0. The summed E-state index contributed by atoms with van der Waals surface area (Å²) < 4.78 is 0. The monoisotopic (exact) mass is 205 g/mol. The Bertz CT molecular complexity index is 278. The maximum Gasteiger partial charge on any atom is 0.0397 e. The van der Waals surface area contributed by atoms with Gasteiger partial charge in [0.1, 0.15) is 0 Å². The van der Waals surface area contributed by atoms with Crippen LogP contribution in [0, 0.1) is 5.92 Å². The van der Waals surface area contributed by atoms with Crippen molar-refractivity contribution in [3.8, 4) is 0 Å². The summed E-state index contributed by atoms with van der Waals surface area (Å²) in [6.45, 7) is 3.16. The molecule has 1 fully saturated rings. The highest BCUT2D eigenvalue weighted by Gasteiger charge is 2.18. The van der Waals surface area contributed by atoms with E-state index in [2.05, 4.69) is 22.0 Å². The molecule has 0 aliphatic carbocycles. The second-order valence-electron chi connectivity index (χ2n) is 4.21. The normalized spacial score (nSPS) is 18.1. The van der Waals surface area contributed by atoms with Gasteiger partial charge in [0.2, 0.25) is 0 Å². The molecule has 2 rings (SSSR count). The summed E-state index contributed by atoms with van der Waals surface area (Å²) in [5, 5.41) is 0. The van der Waals surface area contributed by atoms with Gasteiger partial charge in [0.25, 0.3) is 0 Å². The quantitative estimate of drug-likeness (QED) is 0.815. The lowest BCUT2D eigenvalue weighted by Gasteiger charge is -2.33. The lowest BCUT2D eigenvalue weighted by molar-refractivity contribution is 0.386. The molecular weight excluding hydrogens is 186 g/mol. The van der Waals surface area contributed by atoms with Gasteiger partial charge in [-0.15, -0.1) is 0 Å². The summed E-state index contributed by atoms with van der Waals surface area (Å²) in [6.07, 6.45) is 7.46. The molecule has 1 aliphatic rings. The lowest BCUT2D eigenvalue weighted by atomic mass is 9.93. The number of nitrogens with zero attached hydrogens (tertiary/aromatic N) is 2. The van der Waals surface area contributed by atoms with Crippen LogP contribution in [0.4, 0.5) is 5.69 Å². The molecule has 0 spiro atoms. The van der Waals surface area contributed by atoms with Crippen molar-refractivity contribution in [3.63, 3.8) is 0 Å². The Morgan fingerprint density at radius 2 is 1.93 bits per heavy atom. The predicted octanol–water partition coefficient (Wildman–Crippen LogP) is 1.65. The van der Waals surface area contributed by atoms with Crippen LogP contribution >= 0.6 is 0 Å². The van der Waals surface area contributed by atoms with E-state index in [1.165, 1.54) is 24.9 Å². The molecule has 0 saturated carbocycles. The second kappa shape index (κ2) is 5.12.